The zero-order chi connectivity index (χ0) is 10.4. The van der Waals surface area contributed by atoms with Crippen LogP contribution in [0.3, 0.4) is 0 Å². The smallest absolute Gasteiger partial charge is 0.0570 e. The lowest BCUT2D eigenvalue weighted by atomic mass is 10.3. The number of anilines is 1. The molecule has 1 aromatic rings. The molecule has 2 heteroatoms. The third-order valence-electron chi connectivity index (χ3n) is 1.72. The molecule has 0 amide bonds. The Bertz CT molecular complexity index is 347. The molecule has 1 aromatic heterocycles. The molecule has 0 saturated heterocycles. The Labute approximate surface area is 84.7 Å². The van der Waals surface area contributed by atoms with E-state index in [1.165, 1.54) is 0 Å². The van der Waals surface area contributed by atoms with Gasteiger partial charge in [0.1, 0.15) is 0 Å². The van der Waals surface area contributed by atoms with Gasteiger partial charge >= 0.3 is 0 Å². The van der Waals surface area contributed by atoms with Gasteiger partial charge in [0.2, 0.25) is 0 Å². The number of rotatable bonds is 4. The number of aryl methyl sites for hydroxylation is 1. The Hall–Kier alpha value is -1.83. The van der Waals surface area contributed by atoms with Crippen molar-refractivity contribution in [2.75, 3.05) is 5.32 Å². The Balaban J connectivity index is 2.77. The maximum absolute atomic E-state index is 4.18. The fourth-order valence-electron chi connectivity index (χ4n) is 0.996. The maximum atomic E-state index is 4.18. The summed E-state index contributed by atoms with van der Waals surface area (Å²) in [5, 5.41) is 3.17. The van der Waals surface area contributed by atoms with Crippen LogP contribution in [0, 0.1) is 6.92 Å². The molecule has 0 aliphatic rings. The lowest BCUT2D eigenvalue weighted by Crippen LogP contribution is -1.96. The maximum Gasteiger partial charge on any atom is 0.0570 e. The molecule has 0 radical (unpaired) electrons. The highest BCUT2D eigenvalue weighted by atomic mass is 14.9. The number of hydrogen-bond donors (Lipinski definition) is 1. The van der Waals surface area contributed by atoms with Crippen LogP contribution in [0.1, 0.15) is 5.69 Å². The largest absolute Gasteiger partial charge is 0.354 e. The number of nitrogens with zero attached hydrogens (tertiary/aromatic N) is 1. The molecule has 72 valence electrons. The first-order chi connectivity index (χ1) is 6.76. The van der Waals surface area contributed by atoms with E-state index in [0.29, 0.717) is 0 Å². The second-order valence-electron chi connectivity index (χ2n) is 2.88. The second kappa shape index (κ2) is 5.02. The van der Waals surface area contributed by atoms with Crippen LogP contribution < -0.4 is 5.32 Å². The molecular formula is C12H14N2. The summed E-state index contributed by atoms with van der Waals surface area (Å²) in [6.07, 6.45) is 7.09. The van der Waals surface area contributed by atoms with Gasteiger partial charge in [-0.15, -0.1) is 0 Å². The predicted octanol–water partition coefficient (Wildman–Crippen LogP) is 3.06. The Morgan fingerprint density at radius 2 is 2.21 bits per heavy atom. The normalized spacial score (nSPS) is 10.8. The fourth-order valence-corrected chi connectivity index (χ4v) is 0.996. The van der Waals surface area contributed by atoms with Crippen LogP contribution in [0.2, 0.25) is 0 Å². The summed E-state index contributed by atoms with van der Waals surface area (Å²) < 4.78 is 0. The Morgan fingerprint density at radius 1 is 1.43 bits per heavy atom. The highest BCUT2D eigenvalue weighted by Crippen LogP contribution is 2.09. The quantitative estimate of drug-likeness (QED) is 0.731. The molecule has 0 spiro atoms. The van der Waals surface area contributed by atoms with Crippen molar-refractivity contribution < 1.29 is 0 Å². The first-order valence-electron chi connectivity index (χ1n) is 4.41. The number of hydrogen-bond acceptors (Lipinski definition) is 2. The Morgan fingerprint density at radius 3 is 2.71 bits per heavy atom. The van der Waals surface area contributed by atoms with Gasteiger partial charge in [-0.05, 0) is 31.2 Å². The van der Waals surface area contributed by atoms with Crippen molar-refractivity contribution in [3.05, 3.63) is 61.1 Å². The van der Waals surface area contributed by atoms with Crippen molar-refractivity contribution in [3.63, 3.8) is 0 Å². The van der Waals surface area contributed by atoms with Gasteiger partial charge < -0.3 is 5.32 Å². The van der Waals surface area contributed by atoms with Crippen LogP contribution in [0.4, 0.5) is 5.69 Å². The van der Waals surface area contributed by atoms with E-state index in [0.717, 1.165) is 17.1 Å². The van der Waals surface area contributed by atoms with Crippen LogP contribution in [-0.2, 0) is 0 Å². The molecule has 0 saturated carbocycles. The van der Waals surface area contributed by atoms with Crippen LogP contribution in [0.15, 0.2) is 55.4 Å². The van der Waals surface area contributed by atoms with Gasteiger partial charge in [-0.1, -0.05) is 19.2 Å². The van der Waals surface area contributed by atoms with E-state index in [1.807, 2.05) is 25.1 Å². The van der Waals surface area contributed by atoms with Gasteiger partial charge in [-0.2, -0.15) is 0 Å². The number of aromatic nitrogens is 1. The molecule has 0 unspecified atom stereocenters. The fraction of sp³-hybridized carbons (Fsp3) is 0.0833. The number of pyridine rings is 1. The van der Waals surface area contributed by atoms with Crippen LogP contribution in [0.5, 0.6) is 0 Å². The molecule has 1 N–H and O–H groups in total. The lowest BCUT2D eigenvalue weighted by molar-refractivity contribution is 1.20. The molecule has 0 aromatic carbocycles. The minimum atomic E-state index is 0.908. The summed E-state index contributed by atoms with van der Waals surface area (Å²) >= 11 is 0. The summed E-state index contributed by atoms with van der Waals surface area (Å²) in [6.45, 7) is 9.27. The van der Waals surface area contributed by atoms with Crippen molar-refractivity contribution in [2.24, 2.45) is 0 Å². The van der Waals surface area contributed by atoms with E-state index < -0.39 is 0 Å². The highest BCUT2D eigenvalue weighted by molar-refractivity contribution is 5.49. The molecule has 0 aliphatic heterocycles. The minimum absolute atomic E-state index is 0.908. The predicted molar refractivity (Wildman–Crippen MR) is 61.1 cm³/mol. The van der Waals surface area contributed by atoms with Crippen LogP contribution in [0.25, 0.3) is 0 Å². The highest BCUT2D eigenvalue weighted by Gasteiger charge is 1.93. The Kier molecular flexibility index (Phi) is 3.68. The van der Waals surface area contributed by atoms with Crippen molar-refractivity contribution in [2.45, 2.75) is 6.92 Å². The summed E-state index contributed by atoms with van der Waals surface area (Å²) in [7, 11) is 0. The van der Waals surface area contributed by atoms with Gasteiger partial charge in [0.25, 0.3) is 0 Å². The standard InChI is InChI=1S/C12H14N2/c1-4-6-11(5-2)14-12-8-7-10(3)13-9-12/h4-9,14H,1-2H2,3H3/b11-6+. The molecule has 0 bridgehead atoms. The molecule has 0 aliphatic carbocycles. The van der Waals surface area contributed by atoms with Gasteiger partial charge in [-0.3, -0.25) is 4.98 Å². The van der Waals surface area contributed by atoms with Gasteiger partial charge in [0, 0.05) is 11.4 Å². The van der Waals surface area contributed by atoms with Gasteiger partial charge in [0.15, 0.2) is 0 Å². The SMILES string of the molecule is C=C/C=C(\C=C)Nc1ccc(C)nc1. The molecule has 1 heterocycles. The monoisotopic (exact) mass is 186 g/mol. The van der Waals surface area contributed by atoms with E-state index in [2.05, 4.69) is 23.5 Å². The van der Waals surface area contributed by atoms with E-state index in [1.54, 1.807) is 18.3 Å². The summed E-state index contributed by atoms with van der Waals surface area (Å²) in [5.41, 5.74) is 2.86. The zero-order valence-corrected chi connectivity index (χ0v) is 8.33. The van der Waals surface area contributed by atoms with E-state index in [9.17, 15) is 0 Å². The van der Waals surface area contributed by atoms with E-state index >= 15 is 0 Å². The van der Waals surface area contributed by atoms with E-state index in [4.69, 9.17) is 0 Å². The molecular weight excluding hydrogens is 172 g/mol. The molecule has 0 atom stereocenters. The molecule has 0 fully saturated rings. The average molecular weight is 186 g/mol. The van der Waals surface area contributed by atoms with Gasteiger partial charge in [0.05, 0.1) is 11.9 Å². The molecule has 2 nitrogen and oxygen atoms in total. The van der Waals surface area contributed by atoms with Crippen molar-refractivity contribution in [1.82, 2.24) is 4.98 Å². The van der Waals surface area contributed by atoms with Crippen molar-refractivity contribution >= 4 is 5.69 Å². The summed E-state index contributed by atoms with van der Waals surface area (Å²) in [4.78, 5) is 4.18. The topological polar surface area (TPSA) is 24.9 Å². The first kappa shape index (κ1) is 10.3. The second-order valence-corrected chi connectivity index (χ2v) is 2.88. The van der Waals surface area contributed by atoms with Crippen molar-refractivity contribution in [3.8, 4) is 0 Å². The minimum Gasteiger partial charge on any atom is -0.354 e. The van der Waals surface area contributed by atoms with E-state index in [-0.39, 0.29) is 0 Å². The molecule has 14 heavy (non-hydrogen) atoms. The number of nitrogens with one attached hydrogen (secondary N) is 1. The third-order valence-corrected chi connectivity index (χ3v) is 1.72. The van der Waals surface area contributed by atoms with Crippen molar-refractivity contribution in [1.29, 1.82) is 0 Å². The zero-order valence-electron chi connectivity index (χ0n) is 8.33. The lowest BCUT2D eigenvalue weighted by Gasteiger charge is -2.05. The van der Waals surface area contributed by atoms with Crippen LogP contribution >= 0.6 is 0 Å². The molecule has 1 rings (SSSR count). The summed E-state index contributed by atoms with van der Waals surface area (Å²) in [6, 6.07) is 3.93. The average Bonchev–Trinajstić information content (AvgIpc) is 2.20. The first-order valence-corrected chi connectivity index (χ1v) is 4.41. The van der Waals surface area contributed by atoms with Gasteiger partial charge in [-0.25, -0.2) is 0 Å². The third kappa shape index (κ3) is 2.90. The number of allylic oxidation sites excluding steroid dienone is 3. The summed E-state index contributed by atoms with van der Waals surface area (Å²) in [5.74, 6) is 0. The van der Waals surface area contributed by atoms with Crippen LogP contribution in [-0.4, -0.2) is 4.98 Å².